The highest BCUT2D eigenvalue weighted by molar-refractivity contribution is 7.87. The van der Waals surface area contributed by atoms with E-state index in [0.717, 1.165) is 43.1 Å². The first-order valence-corrected chi connectivity index (χ1v) is 13.9. The van der Waals surface area contributed by atoms with Crippen molar-refractivity contribution in [2.24, 2.45) is 0 Å². The van der Waals surface area contributed by atoms with Crippen LogP contribution < -0.4 is 20.3 Å². The van der Waals surface area contributed by atoms with Crippen LogP contribution in [0.3, 0.4) is 0 Å². The molecule has 0 radical (unpaired) electrons. The molecule has 0 amide bonds. The summed E-state index contributed by atoms with van der Waals surface area (Å²) < 4.78 is 15.2. The molecule has 0 saturated carbocycles. The molecule has 1 atom stereocenters. The van der Waals surface area contributed by atoms with Gasteiger partial charge < -0.3 is 25.2 Å². The third-order valence-corrected chi connectivity index (χ3v) is 8.10. The van der Waals surface area contributed by atoms with Crippen LogP contribution in [0.25, 0.3) is 0 Å². The third kappa shape index (κ3) is 6.91. The summed E-state index contributed by atoms with van der Waals surface area (Å²) in [5, 5.41) is 7.18. The maximum atomic E-state index is 12.6. The molecule has 10 heteroatoms. The quantitative estimate of drug-likeness (QED) is 0.345. The van der Waals surface area contributed by atoms with E-state index in [1.165, 1.54) is 11.3 Å². The van der Waals surface area contributed by atoms with Gasteiger partial charge in [0.1, 0.15) is 16.8 Å². The number of benzene rings is 2. The molecule has 1 saturated heterocycles. The summed E-state index contributed by atoms with van der Waals surface area (Å²) in [6.45, 7) is 14.0. The normalized spacial score (nSPS) is 15.4. The highest BCUT2D eigenvalue weighted by Crippen LogP contribution is 2.30. The number of hydrogen-bond acceptors (Lipinski definition) is 7. The van der Waals surface area contributed by atoms with Crippen molar-refractivity contribution < 1.29 is 4.21 Å². The molecule has 0 bridgehead atoms. The number of aryl methyl sites for hydroxylation is 2. The van der Waals surface area contributed by atoms with Gasteiger partial charge in [-0.2, -0.15) is 4.98 Å². The minimum atomic E-state index is -1.29. The van der Waals surface area contributed by atoms with Crippen molar-refractivity contribution >= 4 is 57.1 Å². The Labute approximate surface area is 227 Å². The Morgan fingerprint density at radius 3 is 2.30 bits per heavy atom. The molecule has 8 nitrogen and oxygen atoms in total. The fourth-order valence-electron chi connectivity index (χ4n) is 3.96. The Balaban J connectivity index is 1.49. The molecule has 3 N–H and O–H groups in total. The van der Waals surface area contributed by atoms with Gasteiger partial charge in [0.05, 0.1) is 15.5 Å². The average Bonchev–Trinajstić information content (AvgIpc) is 2.83. The van der Waals surface area contributed by atoms with Crippen LogP contribution in [-0.2, 0) is 11.0 Å². The zero-order valence-corrected chi connectivity index (χ0v) is 23.9. The number of nitrogens with zero attached hydrogens (tertiary/aromatic N) is 4. The van der Waals surface area contributed by atoms with Crippen LogP contribution >= 0.6 is 11.6 Å². The van der Waals surface area contributed by atoms with E-state index in [0.29, 0.717) is 22.5 Å². The van der Waals surface area contributed by atoms with Gasteiger partial charge in [0.2, 0.25) is 5.95 Å². The largest absolute Gasteiger partial charge is 0.369 e. The monoisotopic (exact) mass is 541 g/mol. The van der Waals surface area contributed by atoms with Gasteiger partial charge in [-0.3, -0.25) is 0 Å². The van der Waals surface area contributed by atoms with Gasteiger partial charge in [-0.1, -0.05) is 11.6 Å². The summed E-state index contributed by atoms with van der Waals surface area (Å²) in [6.07, 6.45) is 1.78. The lowest BCUT2D eigenvalue weighted by Crippen LogP contribution is -2.44. The van der Waals surface area contributed by atoms with E-state index in [9.17, 15) is 4.21 Å². The first-order chi connectivity index (χ1) is 17.5. The Morgan fingerprint density at radius 1 is 0.946 bits per heavy atom. The van der Waals surface area contributed by atoms with E-state index >= 15 is 0 Å². The van der Waals surface area contributed by atoms with Crippen LogP contribution in [0.2, 0.25) is 5.02 Å². The Kier molecular flexibility index (Phi) is 8.26. The minimum Gasteiger partial charge on any atom is -0.369 e. The summed E-state index contributed by atoms with van der Waals surface area (Å²) in [4.78, 5) is 14.0. The van der Waals surface area contributed by atoms with Gasteiger partial charge in [-0.05, 0) is 83.6 Å². The fraction of sp³-hybridized carbons (Fsp3) is 0.407. The molecule has 1 unspecified atom stereocenters. The summed E-state index contributed by atoms with van der Waals surface area (Å²) in [7, 11) is 0.872. The van der Waals surface area contributed by atoms with Crippen LogP contribution in [0.4, 0.5) is 34.5 Å². The van der Waals surface area contributed by atoms with E-state index in [1.54, 1.807) is 12.3 Å². The molecule has 1 aromatic heterocycles. The second-order valence-corrected chi connectivity index (χ2v) is 12.8. The molecule has 2 aromatic carbocycles. The number of piperazine rings is 1. The zero-order valence-electron chi connectivity index (χ0n) is 22.4. The molecular formula is C27H36ClN7OS. The lowest BCUT2D eigenvalue weighted by Gasteiger charge is -2.35. The van der Waals surface area contributed by atoms with Gasteiger partial charge in [-0.15, -0.1) is 0 Å². The van der Waals surface area contributed by atoms with Crippen molar-refractivity contribution in [2.75, 3.05) is 53.5 Å². The molecule has 1 aliphatic rings. The predicted octanol–water partition coefficient (Wildman–Crippen LogP) is 5.86. The average molecular weight is 542 g/mol. The number of halogens is 1. The molecule has 1 aliphatic heterocycles. The van der Waals surface area contributed by atoms with Crippen molar-refractivity contribution in [3.8, 4) is 0 Å². The molecule has 1 fully saturated rings. The second-order valence-electron chi connectivity index (χ2n) is 10.4. The fourth-order valence-corrected chi connectivity index (χ4v) is 4.86. The topological polar surface area (TPSA) is 85.4 Å². The van der Waals surface area contributed by atoms with E-state index in [-0.39, 0.29) is 0 Å². The SMILES string of the molecule is Cc1cc(Nc2ncc(C)c(Nc3ccc(Cl)c(NS(=O)C(C)(C)C)c3)n2)ccc1N1CCN(C)CC1. The number of rotatable bonds is 7. The summed E-state index contributed by atoms with van der Waals surface area (Å²) in [6, 6.07) is 11.8. The van der Waals surface area contributed by atoms with Gasteiger partial charge in [-0.25, -0.2) is 9.19 Å². The summed E-state index contributed by atoms with van der Waals surface area (Å²) >= 11 is 6.35. The van der Waals surface area contributed by atoms with Crippen molar-refractivity contribution in [3.63, 3.8) is 0 Å². The van der Waals surface area contributed by atoms with Gasteiger partial charge >= 0.3 is 0 Å². The Morgan fingerprint density at radius 2 is 1.62 bits per heavy atom. The van der Waals surface area contributed by atoms with Crippen molar-refractivity contribution in [2.45, 2.75) is 39.4 Å². The number of anilines is 6. The maximum Gasteiger partial charge on any atom is 0.229 e. The molecule has 0 spiro atoms. The smallest absolute Gasteiger partial charge is 0.229 e. The van der Waals surface area contributed by atoms with E-state index < -0.39 is 15.7 Å². The highest BCUT2D eigenvalue weighted by Gasteiger charge is 2.21. The summed E-state index contributed by atoms with van der Waals surface area (Å²) in [5.41, 5.74) is 5.70. The third-order valence-electron chi connectivity index (χ3n) is 6.26. The number of likely N-dealkylation sites (N-methyl/N-ethyl adjacent to an activating group) is 1. The molecule has 2 heterocycles. The first-order valence-electron chi connectivity index (χ1n) is 12.4. The van der Waals surface area contributed by atoms with Crippen LogP contribution in [0.5, 0.6) is 0 Å². The molecule has 4 rings (SSSR count). The Hall–Kier alpha value is -2.88. The van der Waals surface area contributed by atoms with Gasteiger partial charge in [0.15, 0.2) is 0 Å². The maximum absolute atomic E-state index is 12.6. The molecular weight excluding hydrogens is 506 g/mol. The van der Waals surface area contributed by atoms with Gasteiger partial charge in [0, 0.05) is 55.0 Å². The van der Waals surface area contributed by atoms with E-state index in [4.69, 9.17) is 16.6 Å². The van der Waals surface area contributed by atoms with Crippen LogP contribution in [-0.4, -0.2) is 57.1 Å². The van der Waals surface area contributed by atoms with Crippen LogP contribution in [0.1, 0.15) is 31.9 Å². The predicted molar refractivity (Wildman–Crippen MR) is 157 cm³/mol. The number of aromatic nitrogens is 2. The van der Waals surface area contributed by atoms with Crippen molar-refractivity contribution in [3.05, 3.63) is 58.7 Å². The number of hydrogen-bond donors (Lipinski definition) is 3. The molecule has 3 aromatic rings. The Bertz CT molecular complexity index is 1290. The van der Waals surface area contributed by atoms with Crippen molar-refractivity contribution in [1.29, 1.82) is 0 Å². The van der Waals surface area contributed by atoms with Crippen molar-refractivity contribution in [1.82, 2.24) is 14.9 Å². The van der Waals surface area contributed by atoms with E-state index in [1.807, 2.05) is 39.8 Å². The lowest BCUT2D eigenvalue weighted by atomic mass is 10.1. The lowest BCUT2D eigenvalue weighted by molar-refractivity contribution is 0.312. The van der Waals surface area contributed by atoms with Crippen LogP contribution in [0.15, 0.2) is 42.6 Å². The molecule has 37 heavy (non-hydrogen) atoms. The second kappa shape index (κ2) is 11.2. The molecule has 198 valence electrons. The highest BCUT2D eigenvalue weighted by atomic mass is 35.5. The van der Waals surface area contributed by atoms with Gasteiger partial charge in [0.25, 0.3) is 0 Å². The molecule has 0 aliphatic carbocycles. The number of nitrogens with one attached hydrogen (secondary N) is 3. The summed E-state index contributed by atoms with van der Waals surface area (Å²) in [5.74, 6) is 1.18. The minimum absolute atomic E-state index is 0.419. The standard InChI is InChI=1S/C27H36ClN7OS/c1-18-15-20(8-10-24(18)35-13-11-34(6)12-14-35)31-26-29-17-19(2)25(32-26)30-21-7-9-22(28)23(16-21)33-37(36)27(3,4)5/h7-10,15-17,33H,11-14H2,1-6H3,(H2,29,30,31,32). The first kappa shape index (κ1) is 27.2. The van der Waals surface area contributed by atoms with E-state index in [2.05, 4.69) is 62.3 Å². The zero-order chi connectivity index (χ0) is 26.7. The van der Waals surface area contributed by atoms with Crippen LogP contribution in [0, 0.1) is 13.8 Å².